The molecule has 0 bridgehead atoms. The van der Waals surface area contributed by atoms with Crippen LogP contribution in [0.25, 0.3) is 0 Å². The summed E-state index contributed by atoms with van der Waals surface area (Å²) in [5.41, 5.74) is 1.46. The molecule has 2 N–H and O–H groups in total. The van der Waals surface area contributed by atoms with Gasteiger partial charge in [0.25, 0.3) is 5.91 Å². The summed E-state index contributed by atoms with van der Waals surface area (Å²) >= 11 is 5.95. The van der Waals surface area contributed by atoms with E-state index in [0.29, 0.717) is 17.1 Å². The van der Waals surface area contributed by atoms with Gasteiger partial charge in [0.05, 0.1) is 5.56 Å². The van der Waals surface area contributed by atoms with Gasteiger partial charge >= 0.3 is 0 Å². The largest absolute Gasteiger partial charge is 0.384 e. The van der Waals surface area contributed by atoms with Gasteiger partial charge in [0.2, 0.25) is 0 Å². The Morgan fingerprint density at radius 1 is 1.22 bits per heavy atom. The monoisotopic (exact) mass is 268 g/mol. The SMILES string of the molecule is CCCCNC(=O)c1cc(Cl)ccc1NCCC. The fourth-order valence-electron chi connectivity index (χ4n) is 1.59. The molecule has 1 rings (SSSR count). The van der Waals surface area contributed by atoms with Crippen LogP contribution in [0.3, 0.4) is 0 Å². The van der Waals surface area contributed by atoms with E-state index in [1.165, 1.54) is 0 Å². The molecule has 1 aromatic carbocycles. The third-order valence-electron chi connectivity index (χ3n) is 2.61. The lowest BCUT2D eigenvalue weighted by atomic mass is 10.1. The minimum atomic E-state index is -0.0652. The quantitative estimate of drug-likeness (QED) is 0.741. The van der Waals surface area contributed by atoms with E-state index in [2.05, 4.69) is 24.5 Å². The zero-order valence-corrected chi connectivity index (χ0v) is 11.8. The number of hydrogen-bond acceptors (Lipinski definition) is 2. The Balaban J connectivity index is 2.76. The number of amides is 1. The van der Waals surface area contributed by atoms with E-state index < -0.39 is 0 Å². The van der Waals surface area contributed by atoms with Crippen LogP contribution in [0.15, 0.2) is 18.2 Å². The van der Waals surface area contributed by atoms with Crippen LogP contribution in [-0.4, -0.2) is 19.0 Å². The van der Waals surface area contributed by atoms with Gasteiger partial charge in [0, 0.05) is 23.8 Å². The van der Waals surface area contributed by atoms with Crippen molar-refractivity contribution < 1.29 is 4.79 Å². The molecule has 3 nitrogen and oxygen atoms in total. The second-order valence-corrected chi connectivity index (χ2v) is 4.66. The molecule has 0 aliphatic rings. The zero-order chi connectivity index (χ0) is 13.4. The number of hydrogen-bond donors (Lipinski definition) is 2. The van der Waals surface area contributed by atoms with Crippen LogP contribution in [-0.2, 0) is 0 Å². The Kier molecular flexibility index (Phi) is 6.58. The van der Waals surface area contributed by atoms with Gasteiger partial charge in [-0.05, 0) is 31.0 Å². The van der Waals surface area contributed by atoms with Crippen molar-refractivity contribution in [2.24, 2.45) is 0 Å². The number of carbonyl (C=O) groups excluding carboxylic acids is 1. The molecule has 1 amide bonds. The summed E-state index contributed by atoms with van der Waals surface area (Å²) in [6.07, 6.45) is 3.07. The van der Waals surface area contributed by atoms with E-state index in [1.54, 1.807) is 12.1 Å². The Bertz CT molecular complexity index is 393. The molecule has 0 heterocycles. The van der Waals surface area contributed by atoms with Crippen LogP contribution < -0.4 is 10.6 Å². The molecule has 0 spiro atoms. The minimum absolute atomic E-state index is 0.0652. The van der Waals surface area contributed by atoms with E-state index in [4.69, 9.17) is 11.6 Å². The fraction of sp³-hybridized carbons (Fsp3) is 0.500. The van der Waals surface area contributed by atoms with Crippen molar-refractivity contribution in [2.45, 2.75) is 33.1 Å². The summed E-state index contributed by atoms with van der Waals surface area (Å²) in [6.45, 7) is 5.73. The molecule has 0 aromatic heterocycles. The summed E-state index contributed by atoms with van der Waals surface area (Å²) in [5.74, 6) is -0.0652. The van der Waals surface area contributed by atoms with Gasteiger partial charge in [-0.2, -0.15) is 0 Å². The number of nitrogens with one attached hydrogen (secondary N) is 2. The third-order valence-corrected chi connectivity index (χ3v) is 2.84. The highest BCUT2D eigenvalue weighted by molar-refractivity contribution is 6.31. The summed E-state index contributed by atoms with van der Waals surface area (Å²) in [5, 5.41) is 6.73. The molecular formula is C14H21ClN2O. The molecule has 18 heavy (non-hydrogen) atoms. The molecule has 0 saturated carbocycles. The average molecular weight is 269 g/mol. The van der Waals surface area contributed by atoms with Crippen molar-refractivity contribution in [1.29, 1.82) is 0 Å². The second kappa shape index (κ2) is 7.98. The van der Waals surface area contributed by atoms with Gasteiger partial charge < -0.3 is 10.6 Å². The predicted octanol–water partition coefficient (Wildman–Crippen LogP) is 3.69. The molecular weight excluding hydrogens is 248 g/mol. The van der Waals surface area contributed by atoms with Gasteiger partial charge in [0.1, 0.15) is 0 Å². The van der Waals surface area contributed by atoms with Crippen molar-refractivity contribution in [2.75, 3.05) is 18.4 Å². The van der Waals surface area contributed by atoms with Crippen LogP contribution in [0, 0.1) is 0 Å². The highest BCUT2D eigenvalue weighted by atomic mass is 35.5. The molecule has 100 valence electrons. The summed E-state index contributed by atoms with van der Waals surface area (Å²) in [7, 11) is 0. The predicted molar refractivity (Wildman–Crippen MR) is 77.5 cm³/mol. The Hall–Kier alpha value is -1.22. The summed E-state index contributed by atoms with van der Waals surface area (Å²) in [6, 6.07) is 5.36. The van der Waals surface area contributed by atoms with Crippen LogP contribution in [0.2, 0.25) is 5.02 Å². The molecule has 0 aliphatic heterocycles. The van der Waals surface area contributed by atoms with Crippen molar-refractivity contribution in [3.8, 4) is 0 Å². The van der Waals surface area contributed by atoms with Crippen molar-refractivity contribution in [1.82, 2.24) is 5.32 Å². The number of unbranched alkanes of at least 4 members (excludes halogenated alkanes) is 1. The third kappa shape index (κ3) is 4.57. The molecule has 0 radical (unpaired) electrons. The first-order valence-electron chi connectivity index (χ1n) is 6.50. The maximum atomic E-state index is 12.0. The second-order valence-electron chi connectivity index (χ2n) is 4.23. The van der Waals surface area contributed by atoms with Gasteiger partial charge in [0.15, 0.2) is 0 Å². The maximum Gasteiger partial charge on any atom is 0.253 e. The van der Waals surface area contributed by atoms with Gasteiger partial charge in [-0.15, -0.1) is 0 Å². The molecule has 0 atom stereocenters. The highest BCUT2D eigenvalue weighted by Crippen LogP contribution is 2.20. The van der Waals surface area contributed by atoms with E-state index in [-0.39, 0.29) is 5.91 Å². The number of anilines is 1. The average Bonchev–Trinajstić information content (AvgIpc) is 2.37. The van der Waals surface area contributed by atoms with Crippen LogP contribution in [0.1, 0.15) is 43.5 Å². The number of halogens is 1. The van der Waals surface area contributed by atoms with Gasteiger partial charge in [-0.1, -0.05) is 31.9 Å². The first kappa shape index (κ1) is 14.8. The molecule has 1 aromatic rings. The van der Waals surface area contributed by atoms with Gasteiger partial charge in [-0.25, -0.2) is 0 Å². The van der Waals surface area contributed by atoms with Crippen LogP contribution in [0.5, 0.6) is 0 Å². The van der Waals surface area contributed by atoms with Gasteiger partial charge in [-0.3, -0.25) is 4.79 Å². The Morgan fingerprint density at radius 2 is 2.00 bits per heavy atom. The lowest BCUT2D eigenvalue weighted by molar-refractivity contribution is 0.0954. The first-order valence-corrected chi connectivity index (χ1v) is 6.88. The summed E-state index contributed by atoms with van der Waals surface area (Å²) in [4.78, 5) is 12.0. The van der Waals surface area contributed by atoms with E-state index in [1.807, 2.05) is 6.07 Å². The van der Waals surface area contributed by atoms with Crippen molar-refractivity contribution in [3.05, 3.63) is 28.8 Å². The minimum Gasteiger partial charge on any atom is -0.384 e. The number of rotatable bonds is 7. The highest BCUT2D eigenvalue weighted by Gasteiger charge is 2.11. The smallest absolute Gasteiger partial charge is 0.253 e. The number of benzene rings is 1. The van der Waals surface area contributed by atoms with E-state index in [0.717, 1.165) is 31.5 Å². The molecule has 0 fully saturated rings. The molecule has 0 aliphatic carbocycles. The normalized spacial score (nSPS) is 10.2. The van der Waals surface area contributed by atoms with Crippen LogP contribution in [0.4, 0.5) is 5.69 Å². The number of carbonyl (C=O) groups is 1. The maximum absolute atomic E-state index is 12.0. The zero-order valence-electron chi connectivity index (χ0n) is 11.1. The Morgan fingerprint density at radius 3 is 2.67 bits per heavy atom. The van der Waals surface area contributed by atoms with Crippen molar-refractivity contribution in [3.63, 3.8) is 0 Å². The van der Waals surface area contributed by atoms with E-state index in [9.17, 15) is 4.79 Å². The molecule has 4 heteroatoms. The standard InChI is InChI=1S/C14H21ClN2O/c1-3-5-9-17-14(18)12-10-11(15)6-7-13(12)16-8-4-2/h6-7,10,16H,3-5,8-9H2,1-2H3,(H,17,18). The molecule has 0 unspecified atom stereocenters. The lowest BCUT2D eigenvalue weighted by Gasteiger charge is -2.12. The lowest BCUT2D eigenvalue weighted by Crippen LogP contribution is -2.25. The first-order chi connectivity index (χ1) is 8.69. The molecule has 0 saturated heterocycles. The van der Waals surface area contributed by atoms with E-state index >= 15 is 0 Å². The Labute approximate surface area is 114 Å². The summed E-state index contributed by atoms with van der Waals surface area (Å²) < 4.78 is 0. The van der Waals surface area contributed by atoms with Crippen LogP contribution >= 0.6 is 11.6 Å². The fourth-order valence-corrected chi connectivity index (χ4v) is 1.76. The topological polar surface area (TPSA) is 41.1 Å². The van der Waals surface area contributed by atoms with Crippen molar-refractivity contribution >= 4 is 23.2 Å².